The van der Waals surface area contributed by atoms with Gasteiger partial charge in [-0.15, -0.1) is 0 Å². The molecule has 1 amide bonds. The number of carbonyl (C=O) groups excluding carboxylic acids is 1. The highest BCUT2D eigenvalue weighted by atomic mass is 32.2. The molecule has 1 N–H and O–H groups in total. The molecule has 0 atom stereocenters. The fourth-order valence-electron chi connectivity index (χ4n) is 3.77. The summed E-state index contributed by atoms with van der Waals surface area (Å²) >= 11 is -0.0929. The summed E-state index contributed by atoms with van der Waals surface area (Å²) in [7, 11) is 0. The Kier molecular flexibility index (Phi) is 5.20. The summed E-state index contributed by atoms with van der Waals surface area (Å²) in [6.07, 6.45) is 3.90. The van der Waals surface area contributed by atoms with Crippen molar-refractivity contribution in [3.63, 3.8) is 0 Å². The van der Waals surface area contributed by atoms with E-state index in [1.807, 2.05) is 12.1 Å². The molecule has 1 saturated carbocycles. The van der Waals surface area contributed by atoms with Crippen molar-refractivity contribution in [2.24, 2.45) is 0 Å². The van der Waals surface area contributed by atoms with Crippen molar-refractivity contribution in [3.8, 4) is 0 Å². The zero-order valence-corrected chi connectivity index (χ0v) is 16.7. The van der Waals surface area contributed by atoms with Crippen LogP contribution in [0.15, 0.2) is 47.5 Å². The number of amides is 1. The third kappa shape index (κ3) is 4.84. The van der Waals surface area contributed by atoms with E-state index in [1.54, 1.807) is 18.3 Å². The molecule has 0 unspecified atom stereocenters. The molecule has 29 heavy (non-hydrogen) atoms. The molecule has 2 aromatic rings. The average Bonchev–Trinajstić information content (AvgIpc) is 3.31. The van der Waals surface area contributed by atoms with Crippen LogP contribution in [0.25, 0.3) is 0 Å². The second-order valence-electron chi connectivity index (χ2n) is 7.53. The molecule has 1 aromatic heterocycles. The number of halogens is 3. The number of thioether (sulfide) groups is 1. The molecule has 2 aliphatic rings. The first-order valence-electron chi connectivity index (χ1n) is 9.31. The fraction of sp³-hybridized carbons (Fsp3) is 0.400. The van der Waals surface area contributed by atoms with Gasteiger partial charge in [0.2, 0.25) is 5.91 Å². The average molecular weight is 422 g/mol. The number of nitrogens with zero attached hydrogens (tertiary/aromatic N) is 3. The molecular formula is C20H21F3N4OS. The second kappa shape index (κ2) is 7.53. The lowest BCUT2D eigenvalue weighted by atomic mass is 10.2. The van der Waals surface area contributed by atoms with E-state index in [0.717, 1.165) is 37.2 Å². The standard InChI is InChI=1S/C20H21F3N4OS/c1-14(28)25-18-10-15(6-9-24-18)11-27-13-26(12-19(27)7-8-19)16-2-4-17(5-3-16)29-20(21,22)23/h2-6,9-10H,7-8,11-13H2,1H3,(H,24,25,28). The first-order chi connectivity index (χ1) is 13.7. The summed E-state index contributed by atoms with van der Waals surface area (Å²) in [6.45, 7) is 3.75. The van der Waals surface area contributed by atoms with Gasteiger partial charge in [0.1, 0.15) is 5.82 Å². The summed E-state index contributed by atoms with van der Waals surface area (Å²) < 4.78 is 37.6. The van der Waals surface area contributed by atoms with Gasteiger partial charge in [0.05, 0.1) is 6.67 Å². The number of hydrogen-bond acceptors (Lipinski definition) is 5. The molecular weight excluding hydrogens is 401 g/mol. The van der Waals surface area contributed by atoms with E-state index in [1.165, 1.54) is 19.1 Å². The topological polar surface area (TPSA) is 48.5 Å². The van der Waals surface area contributed by atoms with E-state index in [4.69, 9.17) is 0 Å². The number of rotatable bonds is 5. The zero-order valence-electron chi connectivity index (χ0n) is 15.9. The van der Waals surface area contributed by atoms with E-state index >= 15 is 0 Å². The minimum atomic E-state index is -4.27. The van der Waals surface area contributed by atoms with Crippen LogP contribution in [0.1, 0.15) is 25.3 Å². The number of anilines is 2. The van der Waals surface area contributed by atoms with E-state index in [9.17, 15) is 18.0 Å². The highest BCUT2D eigenvalue weighted by Crippen LogP contribution is 2.48. The Morgan fingerprint density at radius 1 is 1.24 bits per heavy atom. The van der Waals surface area contributed by atoms with Crippen LogP contribution in [0.2, 0.25) is 0 Å². The molecule has 1 saturated heterocycles. The van der Waals surface area contributed by atoms with Crippen LogP contribution in [0.3, 0.4) is 0 Å². The Morgan fingerprint density at radius 2 is 1.97 bits per heavy atom. The summed E-state index contributed by atoms with van der Waals surface area (Å²) in [5.41, 5.74) is -2.16. The number of aromatic nitrogens is 1. The molecule has 2 heterocycles. The molecule has 1 aromatic carbocycles. The lowest BCUT2D eigenvalue weighted by molar-refractivity contribution is -0.114. The highest BCUT2D eigenvalue weighted by Gasteiger charge is 2.53. The van der Waals surface area contributed by atoms with Crippen LogP contribution in [0, 0.1) is 0 Å². The van der Waals surface area contributed by atoms with Crippen LogP contribution in [-0.4, -0.2) is 40.1 Å². The fourth-order valence-corrected chi connectivity index (χ4v) is 4.31. The van der Waals surface area contributed by atoms with Crippen molar-refractivity contribution in [2.45, 2.75) is 42.3 Å². The molecule has 1 aliphatic carbocycles. The van der Waals surface area contributed by atoms with Crippen LogP contribution in [0.4, 0.5) is 24.7 Å². The van der Waals surface area contributed by atoms with Crippen LogP contribution < -0.4 is 10.2 Å². The van der Waals surface area contributed by atoms with E-state index in [0.29, 0.717) is 12.5 Å². The predicted molar refractivity (Wildman–Crippen MR) is 107 cm³/mol. The maximum absolute atomic E-state index is 12.5. The molecule has 1 spiro atoms. The first kappa shape index (κ1) is 20.0. The Morgan fingerprint density at radius 3 is 2.59 bits per heavy atom. The van der Waals surface area contributed by atoms with E-state index < -0.39 is 5.51 Å². The predicted octanol–water partition coefficient (Wildman–Crippen LogP) is 4.46. The van der Waals surface area contributed by atoms with Crippen molar-refractivity contribution in [1.82, 2.24) is 9.88 Å². The number of nitrogens with one attached hydrogen (secondary N) is 1. The Balaban J connectivity index is 1.44. The van der Waals surface area contributed by atoms with Gasteiger partial charge in [0, 0.05) is 42.3 Å². The molecule has 2 fully saturated rings. The number of alkyl halides is 3. The Bertz CT molecular complexity index is 899. The van der Waals surface area contributed by atoms with Crippen molar-refractivity contribution < 1.29 is 18.0 Å². The summed E-state index contributed by atoms with van der Waals surface area (Å²) in [5.74, 6) is 0.376. The Labute approximate surface area is 171 Å². The smallest absolute Gasteiger partial charge is 0.357 e. The van der Waals surface area contributed by atoms with E-state index in [-0.39, 0.29) is 28.1 Å². The maximum atomic E-state index is 12.5. The second-order valence-corrected chi connectivity index (χ2v) is 8.67. The molecule has 4 rings (SSSR count). The molecule has 1 aliphatic heterocycles. The van der Waals surface area contributed by atoms with Gasteiger partial charge >= 0.3 is 5.51 Å². The zero-order chi connectivity index (χ0) is 20.6. The third-order valence-corrected chi connectivity index (χ3v) is 6.00. The number of benzene rings is 1. The molecule has 154 valence electrons. The van der Waals surface area contributed by atoms with Gasteiger partial charge in [-0.2, -0.15) is 13.2 Å². The minimum Gasteiger partial charge on any atom is -0.357 e. The lowest BCUT2D eigenvalue weighted by Gasteiger charge is -2.23. The summed E-state index contributed by atoms with van der Waals surface area (Å²) in [4.78, 5) is 20.2. The maximum Gasteiger partial charge on any atom is 0.446 e. The molecule has 0 bridgehead atoms. The number of carbonyl (C=O) groups is 1. The largest absolute Gasteiger partial charge is 0.446 e. The summed E-state index contributed by atoms with van der Waals surface area (Å²) in [5, 5.41) is 2.70. The van der Waals surface area contributed by atoms with Gasteiger partial charge in [-0.05, 0) is 66.6 Å². The van der Waals surface area contributed by atoms with Gasteiger partial charge in [-0.25, -0.2) is 4.98 Å². The monoisotopic (exact) mass is 422 g/mol. The van der Waals surface area contributed by atoms with Crippen molar-refractivity contribution >= 4 is 29.2 Å². The number of hydrogen-bond donors (Lipinski definition) is 1. The third-order valence-electron chi connectivity index (χ3n) is 5.26. The van der Waals surface area contributed by atoms with Crippen molar-refractivity contribution in [1.29, 1.82) is 0 Å². The number of pyridine rings is 1. The van der Waals surface area contributed by atoms with Gasteiger partial charge in [-0.3, -0.25) is 9.69 Å². The van der Waals surface area contributed by atoms with Gasteiger partial charge in [-0.1, -0.05) is 0 Å². The molecule has 5 nitrogen and oxygen atoms in total. The SMILES string of the molecule is CC(=O)Nc1cc(CN2CN(c3ccc(SC(F)(F)F)cc3)CC23CC3)ccn1. The van der Waals surface area contributed by atoms with Gasteiger partial charge < -0.3 is 10.2 Å². The minimum absolute atomic E-state index is 0.0929. The quantitative estimate of drug-likeness (QED) is 0.721. The Hall–Kier alpha value is -2.26. The van der Waals surface area contributed by atoms with Crippen LogP contribution >= 0.6 is 11.8 Å². The molecule has 9 heteroatoms. The van der Waals surface area contributed by atoms with Crippen LogP contribution in [-0.2, 0) is 11.3 Å². The van der Waals surface area contributed by atoms with E-state index in [2.05, 4.69) is 20.1 Å². The summed E-state index contributed by atoms with van der Waals surface area (Å²) in [6, 6.07) is 10.4. The lowest BCUT2D eigenvalue weighted by Crippen LogP contribution is -2.32. The molecule has 0 radical (unpaired) electrons. The highest BCUT2D eigenvalue weighted by molar-refractivity contribution is 8.00. The van der Waals surface area contributed by atoms with Crippen molar-refractivity contribution in [2.75, 3.05) is 23.4 Å². The normalized spacial score (nSPS) is 18.3. The van der Waals surface area contributed by atoms with Gasteiger partial charge in [0.25, 0.3) is 0 Å². The van der Waals surface area contributed by atoms with Gasteiger partial charge in [0.15, 0.2) is 0 Å². The van der Waals surface area contributed by atoms with Crippen molar-refractivity contribution in [3.05, 3.63) is 48.2 Å². The van der Waals surface area contributed by atoms with Crippen LogP contribution in [0.5, 0.6) is 0 Å². The first-order valence-corrected chi connectivity index (χ1v) is 10.1.